The van der Waals surface area contributed by atoms with Gasteiger partial charge in [0.05, 0.1) is 23.9 Å². The number of esters is 1. The number of carbonyl (C=O) groups is 3. The second-order valence-corrected chi connectivity index (χ2v) is 5.18. The van der Waals surface area contributed by atoms with Crippen LogP contribution in [0.25, 0.3) is 0 Å². The summed E-state index contributed by atoms with van der Waals surface area (Å²) in [5.41, 5.74) is 1.17. The molecule has 7 nitrogen and oxygen atoms in total. The summed E-state index contributed by atoms with van der Waals surface area (Å²) in [5.74, 6) is -1.05. The summed E-state index contributed by atoms with van der Waals surface area (Å²) in [6.07, 6.45) is 3.04. The van der Waals surface area contributed by atoms with Gasteiger partial charge in [-0.05, 0) is 24.3 Å². The Morgan fingerprint density at radius 3 is 2.56 bits per heavy atom. The number of pyridine rings is 1. The van der Waals surface area contributed by atoms with Crippen molar-refractivity contribution in [3.63, 3.8) is 0 Å². The molecule has 7 heteroatoms. The molecule has 1 aromatic carbocycles. The number of nitrogens with zero attached hydrogens (tertiary/aromatic N) is 2. The zero-order chi connectivity index (χ0) is 18.2. The third kappa shape index (κ3) is 4.63. The lowest BCUT2D eigenvalue weighted by Gasteiger charge is -2.23. The van der Waals surface area contributed by atoms with Crippen molar-refractivity contribution < 1.29 is 19.1 Å². The predicted molar refractivity (Wildman–Crippen MR) is 92.4 cm³/mol. The Labute approximate surface area is 145 Å². The van der Waals surface area contributed by atoms with Gasteiger partial charge in [-0.1, -0.05) is 12.1 Å². The fraction of sp³-hybridized carbons (Fsp3) is 0.222. The van der Waals surface area contributed by atoms with Gasteiger partial charge in [-0.25, -0.2) is 4.79 Å². The highest BCUT2D eigenvalue weighted by atomic mass is 16.5. The van der Waals surface area contributed by atoms with Gasteiger partial charge in [-0.2, -0.15) is 0 Å². The van der Waals surface area contributed by atoms with E-state index in [0.29, 0.717) is 16.8 Å². The zero-order valence-corrected chi connectivity index (χ0v) is 14.1. The summed E-state index contributed by atoms with van der Waals surface area (Å²) >= 11 is 0. The molecule has 0 fully saturated rings. The number of ether oxygens (including phenoxy) is 1. The van der Waals surface area contributed by atoms with Crippen LogP contribution in [-0.2, 0) is 9.53 Å². The van der Waals surface area contributed by atoms with Crippen LogP contribution in [0.2, 0.25) is 0 Å². The smallest absolute Gasteiger partial charge is 0.339 e. The van der Waals surface area contributed by atoms with E-state index >= 15 is 0 Å². The highest BCUT2D eigenvalue weighted by molar-refractivity contribution is 6.02. The molecule has 0 aliphatic carbocycles. The van der Waals surface area contributed by atoms with Gasteiger partial charge in [0.25, 0.3) is 5.91 Å². The molecule has 0 atom stereocenters. The summed E-state index contributed by atoms with van der Waals surface area (Å²) in [5, 5.41) is 2.73. The summed E-state index contributed by atoms with van der Waals surface area (Å²) in [6.45, 7) is 1.84. The van der Waals surface area contributed by atoms with Gasteiger partial charge in [0.15, 0.2) is 0 Å². The van der Waals surface area contributed by atoms with Gasteiger partial charge in [-0.3, -0.25) is 14.6 Å². The first-order valence-electron chi connectivity index (χ1n) is 7.68. The molecule has 0 bridgehead atoms. The molecule has 130 valence electrons. The number of nitrogens with one attached hydrogen (secondary N) is 1. The molecule has 0 aliphatic heterocycles. The molecular weight excluding hydrogens is 322 g/mol. The van der Waals surface area contributed by atoms with E-state index in [0.717, 1.165) is 0 Å². The largest absolute Gasteiger partial charge is 0.465 e. The Morgan fingerprint density at radius 1 is 1.16 bits per heavy atom. The normalized spacial score (nSPS) is 10.0. The first-order valence-corrected chi connectivity index (χ1v) is 7.68. The summed E-state index contributed by atoms with van der Waals surface area (Å²) < 4.78 is 4.75. The number of anilines is 1. The summed E-state index contributed by atoms with van der Waals surface area (Å²) in [4.78, 5) is 41.2. The molecule has 0 saturated heterocycles. The number of hydrogen-bond acceptors (Lipinski definition) is 5. The number of para-hydroxylation sites is 1. The minimum absolute atomic E-state index is 0.218. The van der Waals surface area contributed by atoms with E-state index in [1.54, 1.807) is 42.6 Å². The lowest BCUT2D eigenvalue weighted by atomic mass is 10.1. The van der Waals surface area contributed by atoms with E-state index in [2.05, 4.69) is 10.3 Å². The third-order valence-corrected chi connectivity index (χ3v) is 3.52. The molecule has 0 spiro atoms. The van der Waals surface area contributed by atoms with Crippen LogP contribution in [0.5, 0.6) is 0 Å². The number of rotatable bonds is 6. The number of carbonyl (C=O) groups excluding carboxylic acids is 3. The number of hydrogen-bond donors (Lipinski definition) is 1. The van der Waals surface area contributed by atoms with Gasteiger partial charge in [0.2, 0.25) is 5.91 Å². The molecule has 25 heavy (non-hydrogen) atoms. The maximum absolute atomic E-state index is 12.0. The maximum Gasteiger partial charge on any atom is 0.339 e. The number of methoxy groups -OCH3 is 1. The number of aromatic nitrogens is 1. The number of amides is 2. The molecule has 0 radical (unpaired) electrons. The van der Waals surface area contributed by atoms with Crippen LogP contribution >= 0.6 is 0 Å². The quantitative estimate of drug-likeness (QED) is 0.807. The lowest BCUT2D eigenvalue weighted by Crippen LogP contribution is -2.38. The second kappa shape index (κ2) is 8.58. The fourth-order valence-electron chi connectivity index (χ4n) is 2.32. The van der Waals surface area contributed by atoms with Crippen LogP contribution in [0, 0.1) is 0 Å². The molecular formula is C18H19N3O4. The SMILES string of the molecule is COC(=O)c1ccccc1N(CCNC(=O)c1cccnc1)C(C)=O. The van der Waals surface area contributed by atoms with Crippen molar-refractivity contribution in [2.45, 2.75) is 6.92 Å². The van der Waals surface area contributed by atoms with E-state index in [-0.39, 0.29) is 24.9 Å². The van der Waals surface area contributed by atoms with Crippen molar-refractivity contribution in [1.82, 2.24) is 10.3 Å². The fourth-order valence-corrected chi connectivity index (χ4v) is 2.32. The van der Waals surface area contributed by atoms with Crippen molar-refractivity contribution in [3.8, 4) is 0 Å². The lowest BCUT2D eigenvalue weighted by molar-refractivity contribution is -0.116. The van der Waals surface area contributed by atoms with Gasteiger partial charge < -0.3 is 15.0 Å². The third-order valence-electron chi connectivity index (χ3n) is 3.52. The molecule has 0 unspecified atom stereocenters. The molecule has 2 aromatic rings. The van der Waals surface area contributed by atoms with Crippen LogP contribution in [0.15, 0.2) is 48.8 Å². The summed E-state index contributed by atoms with van der Waals surface area (Å²) in [7, 11) is 1.28. The maximum atomic E-state index is 12.0. The van der Waals surface area contributed by atoms with E-state index < -0.39 is 5.97 Å². The topological polar surface area (TPSA) is 88.6 Å². The van der Waals surface area contributed by atoms with Crippen LogP contribution in [0.1, 0.15) is 27.6 Å². The predicted octanol–water partition coefficient (Wildman–Crippen LogP) is 1.65. The molecule has 1 aromatic heterocycles. The Hall–Kier alpha value is -3.22. The first-order chi connectivity index (χ1) is 12.0. The van der Waals surface area contributed by atoms with Crippen molar-refractivity contribution in [2.24, 2.45) is 0 Å². The van der Waals surface area contributed by atoms with Crippen molar-refractivity contribution in [1.29, 1.82) is 0 Å². The average Bonchev–Trinajstić information content (AvgIpc) is 2.65. The van der Waals surface area contributed by atoms with E-state index in [9.17, 15) is 14.4 Å². The zero-order valence-electron chi connectivity index (χ0n) is 14.1. The Morgan fingerprint density at radius 2 is 1.92 bits per heavy atom. The number of benzene rings is 1. The molecule has 1 heterocycles. The molecule has 1 N–H and O–H groups in total. The molecule has 2 amide bonds. The van der Waals surface area contributed by atoms with E-state index in [4.69, 9.17) is 4.74 Å². The van der Waals surface area contributed by atoms with Crippen molar-refractivity contribution in [3.05, 3.63) is 59.9 Å². The van der Waals surface area contributed by atoms with Crippen LogP contribution < -0.4 is 10.2 Å². The average molecular weight is 341 g/mol. The standard InChI is InChI=1S/C18H19N3O4/c1-13(22)21(16-8-4-3-7-15(16)18(24)25-2)11-10-20-17(23)14-6-5-9-19-12-14/h3-9,12H,10-11H2,1-2H3,(H,20,23). The van der Waals surface area contributed by atoms with Crippen molar-refractivity contribution in [2.75, 3.05) is 25.1 Å². The van der Waals surface area contributed by atoms with E-state index in [1.807, 2.05) is 0 Å². The van der Waals surface area contributed by atoms with Gasteiger partial charge >= 0.3 is 5.97 Å². The van der Waals surface area contributed by atoms with Crippen LogP contribution in [-0.4, -0.2) is 43.0 Å². The first kappa shape index (κ1) is 18.1. The second-order valence-electron chi connectivity index (χ2n) is 5.18. The summed E-state index contributed by atoms with van der Waals surface area (Å²) in [6, 6.07) is 9.99. The molecule has 0 saturated carbocycles. The Kier molecular flexibility index (Phi) is 6.22. The van der Waals surface area contributed by atoms with E-state index in [1.165, 1.54) is 25.1 Å². The Bertz CT molecular complexity index is 762. The highest BCUT2D eigenvalue weighted by Crippen LogP contribution is 2.21. The van der Waals surface area contributed by atoms with Crippen molar-refractivity contribution >= 4 is 23.5 Å². The van der Waals surface area contributed by atoms with Crippen LogP contribution in [0.3, 0.4) is 0 Å². The van der Waals surface area contributed by atoms with Crippen LogP contribution in [0.4, 0.5) is 5.69 Å². The monoisotopic (exact) mass is 341 g/mol. The molecule has 2 rings (SSSR count). The van der Waals surface area contributed by atoms with Gasteiger partial charge in [-0.15, -0.1) is 0 Å². The van der Waals surface area contributed by atoms with Gasteiger partial charge in [0.1, 0.15) is 0 Å². The minimum Gasteiger partial charge on any atom is -0.465 e. The highest BCUT2D eigenvalue weighted by Gasteiger charge is 2.19. The molecule has 0 aliphatic rings. The minimum atomic E-state index is -0.527. The Balaban J connectivity index is 2.09. The van der Waals surface area contributed by atoms with Gasteiger partial charge in [0, 0.05) is 32.4 Å².